The first-order valence-corrected chi connectivity index (χ1v) is 12.7. The van der Waals surface area contributed by atoms with E-state index in [-0.39, 0.29) is 10.8 Å². The van der Waals surface area contributed by atoms with Crippen molar-refractivity contribution >= 4 is 21.6 Å². The maximum absolute atomic E-state index is 13.4. The summed E-state index contributed by atoms with van der Waals surface area (Å²) < 4.78 is 33.5. The average molecular weight is 458 g/mol. The minimum absolute atomic E-state index is 0.159. The van der Waals surface area contributed by atoms with Crippen LogP contribution < -0.4 is 9.64 Å². The highest BCUT2D eigenvalue weighted by Crippen LogP contribution is 2.28. The van der Waals surface area contributed by atoms with Crippen molar-refractivity contribution in [2.75, 3.05) is 51.3 Å². The molecule has 2 aliphatic heterocycles. The molecule has 2 aliphatic rings. The minimum atomic E-state index is -3.64. The number of anilines is 1. The molecule has 4 rings (SSSR count). The number of nitrogens with zero attached hydrogens (tertiary/aromatic N) is 3. The number of rotatable bonds is 5. The van der Waals surface area contributed by atoms with E-state index in [0.29, 0.717) is 37.5 Å². The zero-order valence-corrected chi connectivity index (χ0v) is 19.4. The number of hydrogen-bond acceptors (Lipinski definition) is 5. The summed E-state index contributed by atoms with van der Waals surface area (Å²) in [5.41, 5.74) is 1.44. The zero-order valence-electron chi connectivity index (χ0n) is 18.6. The van der Waals surface area contributed by atoms with Crippen LogP contribution in [0.2, 0.25) is 0 Å². The quantitative estimate of drug-likeness (QED) is 0.690. The Morgan fingerprint density at radius 2 is 1.50 bits per heavy atom. The van der Waals surface area contributed by atoms with Crippen LogP contribution in [0.5, 0.6) is 5.75 Å². The minimum Gasteiger partial charge on any atom is -0.496 e. The topological polar surface area (TPSA) is 70.2 Å². The molecular weight excluding hydrogens is 426 g/mol. The Hall–Kier alpha value is -2.58. The lowest BCUT2D eigenvalue weighted by Crippen LogP contribution is -2.48. The van der Waals surface area contributed by atoms with E-state index in [1.807, 2.05) is 18.2 Å². The van der Waals surface area contributed by atoms with Crippen molar-refractivity contribution in [2.24, 2.45) is 0 Å². The van der Waals surface area contributed by atoms with Gasteiger partial charge in [-0.25, -0.2) is 8.42 Å². The fourth-order valence-corrected chi connectivity index (χ4v) is 5.97. The number of benzene rings is 2. The molecule has 0 saturated carbocycles. The van der Waals surface area contributed by atoms with E-state index < -0.39 is 10.0 Å². The summed E-state index contributed by atoms with van der Waals surface area (Å²) in [5, 5.41) is 0. The highest BCUT2D eigenvalue weighted by molar-refractivity contribution is 7.89. The molecule has 0 atom stereocenters. The third-order valence-electron chi connectivity index (χ3n) is 6.29. The van der Waals surface area contributed by atoms with Gasteiger partial charge < -0.3 is 14.5 Å². The van der Waals surface area contributed by atoms with Gasteiger partial charge in [-0.2, -0.15) is 4.31 Å². The normalized spacial score (nSPS) is 18.3. The molecule has 172 valence electrons. The molecule has 7 nitrogen and oxygen atoms in total. The van der Waals surface area contributed by atoms with Crippen LogP contribution in [0.1, 0.15) is 36.0 Å². The molecule has 0 radical (unpaired) electrons. The highest BCUT2D eigenvalue weighted by atomic mass is 32.2. The van der Waals surface area contributed by atoms with Gasteiger partial charge in [-0.15, -0.1) is 0 Å². The number of piperazine rings is 1. The van der Waals surface area contributed by atoms with Crippen molar-refractivity contribution in [1.29, 1.82) is 0 Å². The van der Waals surface area contributed by atoms with Crippen LogP contribution in [0.15, 0.2) is 53.4 Å². The number of para-hydroxylation sites is 1. The van der Waals surface area contributed by atoms with Crippen molar-refractivity contribution < 1.29 is 17.9 Å². The number of methoxy groups -OCH3 is 1. The van der Waals surface area contributed by atoms with E-state index in [0.717, 1.165) is 44.5 Å². The van der Waals surface area contributed by atoms with Gasteiger partial charge in [0.2, 0.25) is 10.0 Å². The first-order chi connectivity index (χ1) is 15.5. The zero-order chi connectivity index (χ0) is 22.6. The lowest BCUT2D eigenvalue weighted by atomic mass is 10.1. The Labute approximate surface area is 190 Å². The highest BCUT2D eigenvalue weighted by Gasteiger charge is 2.29. The van der Waals surface area contributed by atoms with Crippen LogP contribution in [0, 0.1) is 0 Å². The molecule has 0 N–H and O–H groups in total. The lowest BCUT2D eigenvalue weighted by molar-refractivity contribution is 0.0743. The maximum atomic E-state index is 13.4. The van der Waals surface area contributed by atoms with Crippen LogP contribution >= 0.6 is 0 Å². The Morgan fingerprint density at radius 3 is 2.12 bits per heavy atom. The fourth-order valence-electron chi connectivity index (χ4n) is 4.42. The Balaban J connectivity index is 1.53. The van der Waals surface area contributed by atoms with Crippen LogP contribution in [0.3, 0.4) is 0 Å². The lowest BCUT2D eigenvalue weighted by Gasteiger charge is -2.36. The second kappa shape index (κ2) is 9.92. The number of carbonyl (C=O) groups is 1. The molecule has 0 aromatic heterocycles. The van der Waals surface area contributed by atoms with Gasteiger partial charge in [0.25, 0.3) is 5.91 Å². The summed E-state index contributed by atoms with van der Waals surface area (Å²) in [6, 6.07) is 14.8. The molecule has 2 heterocycles. The van der Waals surface area contributed by atoms with Crippen LogP contribution in [-0.4, -0.2) is 69.9 Å². The molecule has 2 aromatic carbocycles. The van der Waals surface area contributed by atoms with Crippen molar-refractivity contribution in [3.05, 3.63) is 54.1 Å². The Bertz CT molecular complexity index is 1030. The molecule has 1 amide bonds. The first kappa shape index (κ1) is 22.6. The van der Waals surface area contributed by atoms with E-state index in [1.165, 1.54) is 13.2 Å². The molecule has 0 unspecified atom stereocenters. The van der Waals surface area contributed by atoms with Gasteiger partial charge in [-0.05, 0) is 43.2 Å². The van der Waals surface area contributed by atoms with E-state index >= 15 is 0 Å². The summed E-state index contributed by atoms with van der Waals surface area (Å²) in [4.78, 5) is 17.5. The number of hydrogen-bond donors (Lipinski definition) is 0. The molecule has 32 heavy (non-hydrogen) atoms. The predicted octanol–water partition coefficient (Wildman–Crippen LogP) is 3.22. The van der Waals surface area contributed by atoms with E-state index in [2.05, 4.69) is 17.0 Å². The predicted molar refractivity (Wildman–Crippen MR) is 125 cm³/mol. The SMILES string of the molecule is COc1ccc(S(=O)(=O)N2CCCCCC2)cc1C(=O)N1CCN(c2ccccc2)CC1. The van der Waals surface area contributed by atoms with Gasteiger partial charge in [-0.3, -0.25) is 4.79 Å². The van der Waals surface area contributed by atoms with Crippen molar-refractivity contribution in [1.82, 2.24) is 9.21 Å². The number of sulfonamides is 1. The van der Waals surface area contributed by atoms with Gasteiger partial charge in [0.15, 0.2) is 0 Å². The Kier molecular flexibility index (Phi) is 7.01. The maximum Gasteiger partial charge on any atom is 0.257 e. The second-order valence-corrected chi connectivity index (χ2v) is 10.2. The summed E-state index contributed by atoms with van der Waals surface area (Å²) in [7, 11) is -2.14. The van der Waals surface area contributed by atoms with Crippen molar-refractivity contribution in [2.45, 2.75) is 30.6 Å². The van der Waals surface area contributed by atoms with Gasteiger partial charge in [0.05, 0.1) is 17.6 Å². The van der Waals surface area contributed by atoms with E-state index in [4.69, 9.17) is 4.74 Å². The summed E-state index contributed by atoms with van der Waals surface area (Å²) in [6.45, 7) is 3.64. The molecule has 8 heteroatoms. The summed E-state index contributed by atoms with van der Waals surface area (Å²) in [6.07, 6.45) is 3.83. The third kappa shape index (κ3) is 4.76. The second-order valence-electron chi connectivity index (χ2n) is 8.30. The van der Waals surface area contributed by atoms with Gasteiger partial charge in [0.1, 0.15) is 5.75 Å². The van der Waals surface area contributed by atoms with Gasteiger partial charge in [0, 0.05) is 45.0 Å². The van der Waals surface area contributed by atoms with Crippen LogP contribution in [0.25, 0.3) is 0 Å². The van der Waals surface area contributed by atoms with E-state index in [9.17, 15) is 13.2 Å². The Morgan fingerprint density at radius 1 is 0.844 bits per heavy atom. The monoisotopic (exact) mass is 457 g/mol. The van der Waals surface area contributed by atoms with Crippen LogP contribution in [-0.2, 0) is 10.0 Å². The third-order valence-corrected chi connectivity index (χ3v) is 8.19. The smallest absolute Gasteiger partial charge is 0.257 e. The largest absolute Gasteiger partial charge is 0.496 e. The molecule has 0 bridgehead atoms. The average Bonchev–Trinajstić information content (AvgIpc) is 3.14. The van der Waals surface area contributed by atoms with Crippen molar-refractivity contribution in [3.8, 4) is 5.75 Å². The van der Waals surface area contributed by atoms with Crippen molar-refractivity contribution in [3.63, 3.8) is 0 Å². The first-order valence-electron chi connectivity index (χ1n) is 11.3. The molecular formula is C24H31N3O4S. The van der Waals surface area contributed by atoms with Crippen LogP contribution in [0.4, 0.5) is 5.69 Å². The summed E-state index contributed by atoms with van der Waals surface area (Å²) >= 11 is 0. The molecule has 2 aromatic rings. The van der Waals surface area contributed by atoms with Gasteiger partial charge in [-0.1, -0.05) is 31.0 Å². The number of ether oxygens (including phenoxy) is 1. The summed E-state index contributed by atoms with van der Waals surface area (Å²) in [5.74, 6) is 0.206. The number of carbonyl (C=O) groups excluding carboxylic acids is 1. The van der Waals surface area contributed by atoms with Gasteiger partial charge >= 0.3 is 0 Å². The number of amides is 1. The molecule has 2 fully saturated rings. The standard InChI is InChI=1S/C24H31N3O4S/c1-31-23-12-11-21(32(29,30)27-13-7-2-3-8-14-27)19-22(23)24(28)26-17-15-25(16-18-26)20-9-5-4-6-10-20/h4-6,9-12,19H,2-3,7-8,13-18H2,1H3. The fraction of sp³-hybridized carbons (Fsp3) is 0.458. The molecule has 0 aliphatic carbocycles. The molecule has 0 spiro atoms. The molecule has 2 saturated heterocycles. The van der Waals surface area contributed by atoms with E-state index in [1.54, 1.807) is 21.3 Å².